The van der Waals surface area contributed by atoms with Crippen LogP contribution in [-0.2, 0) is 15.1 Å². The van der Waals surface area contributed by atoms with Gasteiger partial charge in [-0.3, -0.25) is 9.48 Å². The van der Waals surface area contributed by atoms with Crippen molar-refractivity contribution in [1.29, 1.82) is 0 Å². The lowest BCUT2D eigenvalue weighted by molar-refractivity contribution is -0.146. The summed E-state index contributed by atoms with van der Waals surface area (Å²) >= 11 is 0. The zero-order chi connectivity index (χ0) is 14.0. The molecule has 102 valence electrons. The van der Waals surface area contributed by atoms with E-state index in [4.69, 9.17) is 5.11 Å². The summed E-state index contributed by atoms with van der Waals surface area (Å²) in [4.78, 5) is 23.0. The fourth-order valence-corrected chi connectivity index (χ4v) is 1.87. The highest BCUT2D eigenvalue weighted by Gasteiger charge is 2.30. The first-order valence-corrected chi connectivity index (χ1v) is 6.15. The van der Waals surface area contributed by atoms with Crippen molar-refractivity contribution in [2.45, 2.75) is 32.2 Å². The maximum absolute atomic E-state index is 11.9. The molecule has 0 fully saturated rings. The summed E-state index contributed by atoms with van der Waals surface area (Å²) in [5.74, 6) is -1.07. The molecule has 0 saturated heterocycles. The smallest absolute Gasteiger partial charge is 0.331 e. The number of nitrogens with zero attached hydrogens (tertiary/aromatic N) is 2. The summed E-state index contributed by atoms with van der Waals surface area (Å²) in [5.41, 5.74) is -0.621. The van der Waals surface area contributed by atoms with Crippen LogP contribution in [0.5, 0.6) is 0 Å². The summed E-state index contributed by atoms with van der Waals surface area (Å²) in [6, 6.07) is 0. The van der Waals surface area contributed by atoms with Crippen LogP contribution in [0, 0.1) is 5.92 Å². The summed E-state index contributed by atoms with van der Waals surface area (Å²) in [5, 5.41) is 15.9. The first kappa shape index (κ1) is 13.3. The number of carbonyl (C=O) groups excluding carboxylic acids is 1. The molecule has 0 bridgehead atoms. The number of amides is 1. The van der Waals surface area contributed by atoms with E-state index in [1.807, 2.05) is 12.2 Å². The van der Waals surface area contributed by atoms with Gasteiger partial charge in [0.15, 0.2) is 5.54 Å². The molecule has 0 saturated carbocycles. The van der Waals surface area contributed by atoms with Gasteiger partial charge in [-0.2, -0.15) is 5.10 Å². The molecular weight excluding hydrogens is 246 g/mol. The molecule has 1 amide bonds. The van der Waals surface area contributed by atoms with E-state index in [-0.39, 0.29) is 11.8 Å². The van der Waals surface area contributed by atoms with Crippen LogP contribution in [0.4, 0.5) is 5.69 Å². The Balaban J connectivity index is 2.05. The highest BCUT2D eigenvalue weighted by atomic mass is 16.4. The van der Waals surface area contributed by atoms with Gasteiger partial charge in [-0.1, -0.05) is 12.2 Å². The molecule has 6 heteroatoms. The fraction of sp³-hybridized carbons (Fsp3) is 0.462. The lowest BCUT2D eigenvalue weighted by Gasteiger charge is -2.19. The average molecular weight is 263 g/mol. The van der Waals surface area contributed by atoms with Crippen molar-refractivity contribution in [3.63, 3.8) is 0 Å². The van der Waals surface area contributed by atoms with Crippen molar-refractivity contribution in [3.05, 3.63) is 24.5 Å². The van der Waals surface area contributed by atoms with Crippen LogP contribution in [0.2, 0.25) is 0 Å². The van der Waals surface area contributed by atoms with Gasteiger partial charge in [-0.25, -0.2) is 4.79 Å². The number of aromatic nitrogens is 2. The van der Waals surface area contributed by atoms with Crippen molar-refractivity contribution in [3.8, 4) is 0 Å². The van der Waals surface area contributed by atoms with Crippen LogP contribution in [0.1, 0.15) is 26.7 Å². The number of hydrogen-bond acceptors (Lipinski definition) is 3. The topological polar surface area (TPSA) is 84.2 Å². The van der Waals surface area contributed by atoms with E-state index in [1.54, 1.807) is 13.8 Å². The minimum atomic E-state index is -1.14. The molecule has 0 aliphatic heterocycles. The molecule has 19 heavy (non-hydrogen) atoms. The number of aliphatic carboxylic acids is 1. The number of hydrogen-bond donors (Lipinski definition) is 2. The lowest BCUT2D eigenvalue weighted by atomic mass is 10.1. The first-order valence-electron chi connectivity index (χ1n) is 6.15. The van der Waals surface area contributed by atoms with Crippen molar-refractivity contribution in [2.24, 2.45) is 5.92 Å². The Bertz CT molecular complexity index is 523. The van der Waals surface area contributed by atoms with Gasteiger partial charge in [0, 0.05) is 12.1 Å². The van der Waals surface area contributed by atoms with Gasteiger partial charge in [0.25, 0.3) is 0 Å². The van der Waals surface area contributed by atoms with Crippen LogP contribution >= 0.6 is 0 Å². The van der Waals surface area contributed by atoms with Gasteiger partial charge in [0.1, 0.15) is 0 Å². The Labute approximate surface area is 111 Å². The standard InChI is InChI=1S/C13H17N3O3/c1-13(2,12(18)19)16-8-10(7-14-16)15-11(17)9-5-3-4-6-9/h3-4,7-9H,5-6H2,1-2H3,(H,15,17)(H,18,19). The molecule has 0 aromatic carbocycles. The summed E-state index contributed by atoms with van der Waals surface area (Å²) < 4.78 is 1.33. The van der Waals surface area contributed by atoms with Gasteiger partial charge < -0.3 is 10.4 Å². The van der Waals surface area contributed by atoms with Crippen molar-refractivity contribution >= 4 is 17.6 Å². The van der Waals surface area contributed by atoms with E-state index < -0.39 is 11.5 Å². The molecule has 0 atom stereocenters. The Hall–Kier alpha value is -2.11. The number of anilines is 1. The number of carboxylic acid groups (broad SMARTS) is 1. The molecule has 0 spiro atoms. The summed E-state index contributed by atoms with van der Waals surface area (Å²) in [7, 11) is 0. The lowest BCUT2D eigenvalue weighted by Crippen LogP contribution is -2.35. The molecule has 1 aliphatic carbocycles. The predicted octanol–water partition coefficient (Wildman–Crippen LogP) is 1.61. The molecule has 1 aromatic heterocycles. The zero-order valence-corrected chi connectivity index (χ0v) is 11.0. The second-order valence-corrected chi connectivity index (χ2v) is 5.17. The quantitative estimate of drug-likeness (QED) is 0.808. The third-order valence-corrected chi connectivity index (χ3v) is 3.32. The van der Waals surface area contributed by atoms with Gasteiger partial charge in [-0.15, -0.1) is 0 Å². The molecule has 1 aromatic rings. The molecule has 0 radical (unpaired) electrons. The third-order valence-electron chi connectivity index (χ3n) is 3.32. The maximum Gasteiger partial charge on any atom is 0.331 e. The van der Waals surface area contributed by atoms with Crippen molar-refractivity contribution in [1.82, 2.24) is 9.78 Å². The zero-order valence-electron chi connectivity index (χ0n) is 11.0. The fourth-order valence-electron chi connectivity index (χ4n) is 1.87. The molecule has 6 nitrogen and oxygen atoms in total. The largest absolute Gasteiger partial charge is 0.479 e. The minimum absolute atomic E-state index is 0.0316. The number of nitrogens with one attached hydrogen (secondary N) is 1. The Kier molecular flexibility index (Phi) is 3.42. The van der Waals surface area contributed by atoms with Gasteiger partial charge in [0.2, 0.25) is 5.91 Å². The van der Waals surface area contributed by atoms with Crippen molar-refractivity contribution in [2.75, 3.05) is 5.32 Å². The van der Waals surface area contributed by atoms with E-state index in [9.17, 15) is 9.59 Å². The SMILES string of the molecule is CC(C)(C(=O)O)n1cc(NC(=O)C2CC=CC2)cn1. The number of allylic oxidation sites excluding steroid dienone is 2. The van der Waals surface area contributed by atoms with Crippen LogP contribution in [-0.4, -0.2) is 26.8 Å². The van der Waals surface area contributed by atoms with E-state index in [0.29, 0.717) is 5.69 Å². The number of carbonyl (C=O) groups is 2. The highest BCUT2D eigenvalue weighted by Crippen LogP contribution is 2.21. The molecule has 0 unspecified atom stereocenters. The second-order valence-electron chi connectivity index (χ2n) is 5.17. The van der Waals surface area contributed by atoms with Crippen LogP contribution in [0.3, 0.4) is 0 Å². The van der Waals surface area contributed by atoms with Gasteiger partial charge in [0.05, 0.1) is 11.9 Å². The number of rotatable bonds is 4. The maximum atomic E-state index is 11.9. The molecule has 2 rings (SSSR count). The van der Waals surface area contributed by atoms with Crippen LogP contribution < -0.4 is 5.32 Å². The van der Waals surface area contributed by atoms with Crippen molar-refractivity contribution < 1.29 is 14.7 Å². The molecule has 1 aliphatic rings. The number of carboxylic acids is 1. The minimum Gasteiger partial charge on any atom is -0.479 e. The van der Waals surface area contributed by atoms with Gasteiger partial charge in [-0.05, 0) is 26.7 Å². The Morgan fingerprint density at radius 1 is 1.42 bits per heavy atom. The third kappa shape index (κ3) is 2.67. The molecule has 2 N–H and O–H groups in total. The Morgan fingerprint density at radius 2 is 2.05 bits per heavy atom. The van der Waals surface area contributed by atoms with E-state index in [0.717, 1.165) is 12.8 Å². The first-order chi connectivity index (χ1) is 8.91. The summed E-state index contributed by atoms with van der Waals surface area (Å²) in [6.45, 7) is 3.10. The summed E-state index contributed by atoms with van der Waals surface area (Å²) in [6.07, 6.45) is 8.48. The molecular formula is C13H17N3O3. The van der Waals surface area contributed by atoms with E-state index in [2.05, 4.69) is 10.4 Å². The molecule has 1 heterocycles. The highest BCUT2D eigenvalue weighted by molar-refractivity contribution is 5.92. The monoisotopic (exact) mass is 263 g/mol. The predicted molar refractivity (Wildman–Crippen MR) is 69.7 cm³/mol. The van der Waals surface area contributed by atoms with Crippen LogP contribution in [0.25, 0.3) is 0 Å². The van der Waals surface area contributed by atoms with E-state index in [1.165, 1.54) is 17.1 Å². The van der Waals surface area contributed by atoms with Gasteiger partial charge >= 0.3 is 5.97 Å². The van der Waals surface area contributed by atoms with E-state index >= 15 is 0 Å². The van der Waals surface area contributed by atoms with Crippen LogP contribution in [0.15, 0.2) is 24.5 Å². The average Bonchev–Trinajstić information content (AvgIpc) is 2.99. The Morgan fingerprint density at radius 3 is 2.63 bits per heavy atom. The normalized spacial score (nSPS) is 15.7. The second kappa shape index (κ2) is 4.87.